The van der Waals surface area contributed by atoms with E-state index in [1.54, 1.807) is 12.1 Å². The fourth-order valence-corrected chi connectivity index (χ4v) is 2.54. The van der Waals surface area contributed by atoms with Crippen LogP contribution in [0.4, 0.5) is 0 Å². The van der Waals surface area contributed by atoms with Crippen molar-refractivity contribution in [3.63, 3.8) is 0 Å². The third-order valence-corrected chi connectivity index (χ3v) is 4.48. The van der Waals surface area contributed by atoms with E-state index in [9.17, 15) is 9.59 Å². The van der Waals surface area contributed by atoms with Crippen molar-refractivity contribution < 1.29 is 14.3 Å². The average molecular weight is 386 g/mol. The van der Waals surface area contributed by atoms with Crippen LogP contribution < -0.4 is 10.1 Å². The van der Waals surface area contributed by atoms with Gasteiger partial charge >= 0.3 is 0 Å². The van der Waals surface area contributed by atoms with Crippen LogP contribution in [0.5, 0.6) is 5.75 Å². The zero-order chi connectivity index (χ0) is 19.0. The van der Waals surface area contributed by atoms with Crippen LogP contribution in [0, 0.1) is 0 Å². The molecule has 0 amide bonds. The fraction of sp³-hybridized carbons (Fsp3) is 0.474. The van der Waals surface area contributed by atoms with E-state index in [-0.39, 0.29) is 33.8 Å². The number of allylic oxidation sites excluding steroid dienone is 1. The number of hydrogen-bond acceptors (Lipinski definition) is 4. The van der Waals surface area contributed by atoms with E-state index in [1.807, 2.05) is 6.92 Å². The lowest BCUT2D eigenvalue weighted by molar-refractivity contribution is -0.121. The summed E-state index contributed by atoms with van der Waals surface area (Å²) >= 11 is 12.3. The first-order valence-electron chi connectivity index (χ1n) is 8.36. The molecule has 0 aliphatic rings. The summed E-state index contributed by atoms with van der Waals surface area (Å²) in [5.41, 5.74) is 0.744. The van der Waals surface area contributed by atoms with Gasteiger partial charge in [0, 0.05) is 18.0 Å². The zero-order valence-corrected chi connectivity index (χ0v) is 16.5. The highest BCUT2D eigenvalue weighted by Gasteiger charge is 2.18. The molecule has 0 spiro atoms. The maximum Gasteiger partial charge on any atom is 0.189 e. The number of ether oxygens (including phenoxy) is 1. The van der Waals surface area contributed by atoms with E-state index in [1.165, 1.54) is 0 Å². The summed E-state index contributed by atoms with van der Waals surface area (Å²) in [6.45, 7) is 10.4. The molecule has 25 heavy (non-hydrogen) atoms. The van der Waals surface area contributed by atoms with Crippen molar-refractivity contribution in [2.45, 2.75) is 46.1 Å². The van der Waals surface area contributed by atoms with Crippen molar-refractivity contribution in [1.29, 1.82) is 0 Å². The van der Waals surface area contributed by atoms with Crippen molar-refractivity contribution >= 4 is 34.8 Å². The van der Waals surface area contributed by atoms with Crippen LogP contribution in [0.15, 0.2) is 24.3 Å². The smallest absolute Gasteiger partial charge is 0.189 e. The third kappa shape index (κ3) is 6.81. The minimum Gasteiger partial charge on any atom is -0.484 e. The molecule has 0 atom stereocenters. The lowest BCUT2D eigenvalue weighted by atomic mass is 10.0. The van der Waals surface area contributed by atoms with Gasteiger partial charge in [-0.1, -0.05) is 50.6 Å². The Hall–Kier alpha value is -1.36. The molecule has 0 aromatic heterocycles. The summed E-state index contributed by atoms with van der Waals surface area (Å²) < 4.78 is 5.46. The molecule has 6 heteroatoms. The predicted molar refractivity (Wildman–Crippen MR) is 103 cm³/mol. The lowest BCUT2D eigenvalue weighted by Gasteiger charge is -2.12. The second-order valence-electron chi connectivity index (χ2n) is 6.07. The van der Waals surface area contributed by atoms with Crippen molar-refractivity contribution in [1.82, 2.24) is 5.32 Å². The molecule has 1 aromatic rings. The van der Waals surface area contributed by atoms with Crippen molar-refractivity contribution in [2.24, 2.45) is 0 Å². The maximum absolute atomic E-state index is 12.2. The molecule has 0 aliphatic heterocycles. The maximum atomic E-state index is 12.2. The van der Waals surface area contributed by atoms with E-state index < -0.39 is 0 Å². The third-order valence-electron chi connectivity index (χ3n) is 3.61. The Labute approximate surface area is 159 Å². The van der Waals surface area contributed by atoms with Crippen molar-refractivity contribution in [2.75, 3.05) is 13.2 Å². The first kappa shape index (κ1) is 21.7. The van der Waals surface area contributed by atoms with Crippen LogP contribution in [0.1, 0.15) is 50.4 Å². The molecule has 4 nitrogen and oxygen atoms in total. The number of nitrogens with one attached hydrogen (secondary N) is 1. The van der Waals surface area contributed by atoms with Crippen LogP contribution in [0.25, 0.3) is 0 Å². The molecule has 0 bridgehead atoms. The van der Waals surface area contributed by atoms with Crippen LogP contribution in [-0.2, 0) is 4.79 Å². The highest BCUT2D eigenvalue weighted by molar-refractivity contribution is 6.45. The first-order valence-corrected chi connectivity index (χ1v) is 9.11. The SMILES string of the molecule is C=C(CC)C(=O)c1ccc(OCC(=O)CCCNC(C)C)c(Cl)c1Cl. The van der Waals surface area contributed by atoms with Crippen LogP contribution >= 0.6 is 23.2 Å². The number of rotatable bonds is 11. The zero-order valence-electron chi connectivity index (χ0n) is 15.0. The number of hydrogen-bond donors (Lipinski definition) is 1. The highest BCUT2D eigenvalue weighted by atomic mass is 35.5. The van der Waals surface area contributed by atoms with Gasteiger partial charge in [0.2, 0.25) is 0 Å². The van der Waals surface area contributed by atoms with Crippen molar-refractivity contribution in [3.8, 4) is 5.75 Å². The summed E-state index contributed by atoms with van der Waals surface area (Å²) in [6.07, 6.45) is 1.71. The van der Waals surface area contributed by atoms with E-state index in [0.717, 1.165) is 13.0 Å². The Morgan fingerprint density at radius 3 is 2.52 bits per heavy atom. The standard InChI is InChI=1S/C19H25Cl2NO3/c1-5-13(4)19(24)15-8-9-16(18(21)17(15)20)25-11-14(23)7-6-10-22-12(2)3/h8-9,12,22H,4-7,10-11H2,1-3H3. The topological polar surface area (TPSA) is 55.4 Å². The Balaban J connectivity index is 2.63. The monoisotopic (exact) mass is 385 g/mol. The summed E-state index contributed by atoms with van der Waals surface area (Å²) in [7, 11) is 0. The van der Waals surface area contributed by atoms with Gasteiger partial charge in [-0.05, 0) is 37.1 Å². The summed E-state index contributed by atoms with van der Waals surface area (Å²) in [6, 6.07) is 3.50. The summed E-state index contributed by atoms with van der Waals surface area (Å²) in [4.78, 5) is 24.0. The molecule has 1 aromatic carbocycles. The molecule has 1 N–H and O–H groups in total. The minimum absolute atomic E-state index is 0.0164. The van der Waals surface area contributed by atoms with Gasteiger partial charge in [-0.25, -0.2) is 0 Å². The molecular formula is C19H25Cl2NO3. The molecule has 0 saturated carbocycles. The molecule has 138 valence electrons. The van der Waals surface area contributed by atoms with Gasteiger partial charge < -0.3 is 10.1 Å². The minimum atomic E-state index is -0.241. The Morgan fingerprint density at radius 1 is 1.24 bits per heavy atom. The Morgan fingerprint density at radius 2 is 1.92 bits per heavy atom. The van der Waals surface area contributed by atoms with Gasteiger partial charge in [-0.15, -0.1) is 0 Å². The van der Waals surface area contributed by atoms with E-state index >= 15 is 0 Å². The summed E-state index contributed by atoms with van der Waals surface area (Å²) in [5, 5.41) is 3.50. The number of halogens is 2. The highest BCUT2D eigenvalue weighted by Crippen LogP contribution is 2.35. The number of ketones is 2. The second kappa shape index (κ2) is 10.6. The molecule has 0 radical (unpaired) electrons. The van der Waals surface area contributed by atoms with E-state index in [4.69, 9.17) is 27.9 Å². The number of carbonyl (C=O) groups is 2. The first-order chi connectivity index (χ1) is 11.8. The molecule has 1 rings (SSSR count). The van der Waals surface area contributed by atoms with E-state index in [2.05, 4.69) is 25.7 Å². The second-order valence-corrected chi connectivity index (χ2v) is 6.82. The van der Waals surface area contributed by atoms with Crippen LogP contribution in [0.2, 0.25) is 10.0 Å². The van der Waals surface area contributed by atoms with Gasteiger partial charge in [-0.2, -0.15) is 0 Å². The molecule has 0 unspecified atom stereocenters. The molecule has 0 heterocycles. The molecular weight excluding hydrogens is 361 g/mol. The van der Waals surface area contributed by atoms with Gasteiger partial charge in [0.05, 0.1) is 5.02 Å². The van der Waals surface area contributed by atoms with Gasteiger partial charge in [0.1, 0.15) is 17.4 Å². The lowest BCUT2D eigenvalue weighted by Crippen LogP contribution is -2.24. The molecule has 0 fully saturated rings. The average Bonchev–Trinajstić information content (AvgIpc) is 2.58. The molecule has 0 aliphatic carbocycles. The summed E-state index contributed by atoms with van der Waals surface area (Å²) in [5.74, 6) is 0.0333. The van der Waals surface area contributed by atoms with E-state index in [0.29, 0.717) is 30.2 Å². The molecule has 0 saturated heterocycles. The number of carbonyl (C=O) groups excluding carboxylic acids is 2. The fourth-order valence-electron chi connectivity index (χ4n) is 2.08. The largest absolute Gasteiger partial charge is 0.484 e. The van der Waals surface area contributed by atoms with Crippen LogP contribution in [-0.4, -0.2) is 30.8 Å². The van der Waals surface area contributed by atoms with Crippen LogP contribution in [0.3, 0.4) is 0 Å². The Bertz CT molecular complexity index is 642. The quantitative estimate of drug-likeness (QED) is 0.335. The normalized spacial score (nSPS) is 10.8. The van der Waals surface area contributed by atoms with Crippen molar-refractivity contribution in [3.05, 3.63) is 39.9 Å². The van der Waals surface area contributed by atoms with Gasteiger partial charge in [-0.3, -0.25) is 9.59 Å². The van der Waals surface area contributed by atoms with Gasteiger partial charge in [0.25, 0.3) is 0 Å². The number of Topliss-reactive ketones (excluding diaryl/α,β-unsaturated/α-hetero) is 2. The number of benzene rings is 1. The predicted octanol–water partition coefficient (Wildman–Crippen LogP) is 4.87. The van der Waals surface area contributed by atoms with Gasteiger partial charge in [0.15, 0.2) is 11.6 Å². The Kier molecular flexibility index (Phi) is 9.19.